The zero-order valence-electron chi connectivity index (χ0n) is 16.0. The van der Waals surface area contributed by atoms with E-state index in [1.54, 1.807) is 4.90 Å². The monoisotopic (exact) mass is 348 g/mol. The molecule has 1 aromatic rings. The normalized spacial score (nSPS) is 17.6. The second kappa shape index (κ2) is 9.09. The van der Waals surface area contributed by atoms with Crippen molar-refractivity contribution in [2.75, 3.05) is 19.7 Å². The lowest BCUT2D eigenvalue weighted by Crippen LogP contribution is -2.38. The van der Waals surface area contributed by atoms with Gasteiger partial charge in [-0.25, -0.2) is 4.79 Å². The molecule has 1 fully saturated rings. The number of hydrogen-bond acceptors (Lipinski definition) is 4. The molecule has 1 unspecified atom stereocenters. The summed E-state index contributed by atoms with van der Waals surface area (Å²) >= 11 is 0. The molecule has 1 N–H and O–H groups in total. The first-order valence-electron chi connectivity index (χ1n) is 9.30. The van der Waals surface area contributed by atoms with E-state index < -0.39 is 5.60 Å². The maximum Gasteiger partial charge on any atom is 0.410 e. The first-order chi connectivity index (χ1) is 11.9. The fraction of sp³-hybridized carbons (Fsp3) is 0.650. The lowest BCUT2D eigenvalue weighted by molar-refractivity contribution is 0.0291. The molecule has 5 nitrogen and oxygen atoms in total. The van der Waals surface area contributed by atoms with E-state index in [0.29, 0.717) is 12.6 Å². The highest BCUT2D eigenvalue weighted by atomic mass is 16.6. The summed E-state index contributed by atoms with van der Waals surface area (Å²) in [5.41, 5.74) is 0.780. The number of carbonyl (C=O) groups excluding carboxylic acids is 1. The predicted octanol–water partition coefficient (Wildman–Crippen LogP) is 3.96. The van der Waals surface area contributed by atoms with Gasteiger partial charge in [0.25, 0.3) is 0 Å². The van der Waals surface area contributed by atoms with Gasteiger partial charge in [0.1, 0.15) is 11.4 Å². The van der Waals surface area contributed by atoms with Crippen molar-refractivity contribution in [1.29, 1.82) is 0 Å². The van der Waals surface area contributed by atoms with Gasteiger partial charge in [0, 0.05) is 25.7 Å². The smallest absolute Gasteiger partial charge is 0.410 e. The highest BCUT2D eigenvalue weighted by Gasteiger charge is 2.29. The lowest BCUT2D eigenvalue weighted by atomic mass is 10.2. The Morgan fingerprint density at radius 2 is 2.00 bits per heavy atom. The van der Waals surface area contributed by atoms with Crippen molar-refractivity contribution in [2.45, 2.75) is 65.1 Å². The number of amides is 1. The van der Waals surface area contributed by atoms with E-state index in [2.05, 4.69) is 24.4 Å². The van der Waals surface area contributed by atoms with Crippen LogP contribution in [-0.2, 0) is 11.3 Å². The standard InChI is InChI=1S/C20H32N2O3/c1-5-6-13-24-18-9-7-16(8-10-18)14-21-17-11-12-22(15-17)19(23)25-20(2,3)4/h7-10,17,21H,5-6,11-15H2,1-4H3. The summed E-state index contributed by atoms with van der Waals surface area (Å²) in [7, 11) is 0. The van der Waals surface area contributed by atoms with Crippen molar-refractivity contribution < 1.29 is 14.3 Å². The third kappa shape index (κ3) is 6.94. The quantitative estimate of drug-likeness (QED) is 0.758. The zero-order valence-corrected chi connectivity index (χ0v) is 16.0. The molecule has 1 aliphatic rings. The van der Waals surface area contributed by atoms with Gasteiger partial charge in [-0.05, 0) is 51.3 Å². The van der Waals surface area contributed by atoms with Crippen LogP contribution in [0.5, 0.6) is 5.75 Å². The van der Waals surface area contributed by atoms with Crippen LogP contribution in [0.2, 0.25) is 0 Å². The maximum absolute atomic E-state index is 12.1. The van der Waals surface area contributed by atoms with Crippen LogP contribution in [0.4, 0.5) is 4.79 Å². The molecule has 0 aliphatic carbocycles. The molecule has 0 aromatic heterocycles. The Hall–Kier alpha value is -1.75. The molecule has 140 valence electrons. The zero-order chi connectivity index (χ0) is 18.3. The first-order valence-corrected chi connectivity index (χ1v) is 9.30. The molecule has 1 saturated heterocycles. The summed E-state index contributed by atoms with van der Waals surface area (Å²) in [5, 5.41) is 3.53. The number of rotatable bonds is 7. The number of carbonyl (C=O) groups is 1. The highest BCUT2D eigenvalue weighted by molar-refractivity contribution is 5.68. The van der Waals surface area contributed by atoms with Crippen LogP contribution in [0.15, 0.2) is 24.3 Å². The Bertz CT molecular complexity index is 537. The van der Waals surface area contributed by atoms with E-state index in [0.717, 1.165) is 44.7 Å². The fourth-order valence-electron chi connectivity index (χ4n) is 2.72. The van der Waals surface area contributed by atoms with Crippen LogP contribution in [-0.4, -0.2) is 42.3 Å². The van der Waals surface area contributed by atoms with Gasteiger partial charge in [-0.15, -0.1) is 0 Å². The Labute approximate surface area is 151 Å². The van der Waals surface area contributed by atoms with Crippen LogP contribution in [0.3, 0.4) is 0 Å². The van der Waals surface area contributed by atoms with Crippen molar-refractivity contribution in [3.05, 3.63) is 29.8 Å². The molecule has 1 amide bonds. The minimum atomic E-state index is -0.441. The summed E-state index contributed by atoms with van der Waals surface area (Å²) < 4.78 is 11.1. The summed E-state index contributed by atoms with van der Waals surface area (Å²) in [5.74, 6) is 0.925. The second-order valence-electron chi connectivity index (χ2n) is 7.64. The Morgan fingerprint density at radius 3 is 2.64 bits per heavy atom. The van der Waals surface area contributed by atoms with Crippen molar-refractivity contribution in [2.24, 2.45) is 0 Å². The Balaban J connectivity index is 1.72. The fourth-order valence-corrected chi connectivity index (χ4v) is 2.72. The molecule has 1 aliphatic heterocycles. The number of benzene rings is 1. The number of hydrogen-bond donors (Lipinski definition) is 1. The Morgan fingerprint density at radius 1 is 1.28 bits per heavy atom. The van der Waals surface area contributed by atoms with E-state index >= 15 is 0 Å². The minimum Gasteiger partial charge on any atom is -0.494 e. The number of unbranched alkanes of at least 4 members (excludes halogenated alkanes) is 1. The molecule has 1 atom stereocenters. The largest absolute Gasteiger partial charge is 0.494 e. The maximum atomic E-state index is 12.1. The van der Waals surface area contributed by atoms with E-state index in [4.69, 9.17) is 9.47 Å². The van der Waals surface area contributed by atoms with Gasteiger partial charge in [0.15, 0.2) is 0 Å². The van der Waals surface area contributed by atoms with Crippen molar-refractivity contribution in [3.8, 4) is 5.75 Å². The van der Waals surface area contributed by atoms with Crippen molar-refractivity contribution in [3.63, 3.8) is 0 Å². The number of nitrogens with one attached hydrogen (secondary N) is 1. The third-order valence-corrected chi connectivity index (χ3v) is 4.12. The van der Waals surface area contributed by atoms with Gasteiger partial charge < -0.3 is 19.7 Å². The van der Waals surface area contributed by atoms with Gasteiger partial charge in [-0.1, -0.05) is 25.5 Å². The van der Waals surface area contributed by atoms with E-state index in [9.17, 15) is 4.79 Å². The molecule has 0 bridgehead atoms. The van der Waals surface area contributed by atoms with Crippen LogP contribution in [0.25, 0.3) is 0 Å². The summed E-state index contributed by atoms with van der Waals surface area (Å²) in [6.07, 6.45) is 2.96. The number of likely N-dealkylation sites (tertiary alicyclic amines) is 1. The van der Waals surface area contributed by atoms with Crippen LogP contribution >= 0.6 is 0 Å². The van der Waals surface area contributed by atoms with Crippen molar-refractivity contribution in [1.82, 2.24) is 10.2 Å². The highest BCUT2D eigenvalue weighted by Crippen LogP contribution is 2.17. The molecule has 25 heavy (non-hydrogen) atoms. The molecule has 0 radical (unpaired) electrons. The predicted molar refractivity (Wildman–Crippen MR) is 99.9 cm³/mol. The van der Waals surface area contributed by atoms with E-state index in [1.165, 1.54) is 5.56 Å². The molecule has 2 rings (SSSR count). The average Bonchev–Trinajstić information content (AvgIpc) is 3.02. The van der Waals surface area contributed by atoms with Crippen LogP contribution in [0, 0.1) is 0 Å². The average molecular weight is 348 g/mol. The topological polar surface area (TPSA) is 50.8 Å². The summed E-state index contributed by atoms with van der Waals surface area (Å²) in [6, 6.07) is 8.54. The SMILES string of the molecule is CCCCOc1ccc(CNC2CCN(C(=O)OC(C)(C)C)C2)cc1. The van der Waals surface area contributed by atoms with Crippen molar-refractivity contribution >= 4 is 6.09 Å². The van der Waals surface area contributed by atoms with Gasteiger partial charge in [0.2, 0.25) is 0 Å². The van der Waals surface area contributed by atoms with Gasteiger partial charge in [-0.2, -0.15) is 0 Å². The van der Waals surface area contributed by atoms with Gasteiger partial charge in [0.05, 0.1) is 6.61 Å². The molecule has 0 spiro atoms. The van der Waals surface area contributed by atoms with E-state index in [-0.39, 0.29) is 6.09 Å². The summed E-state index contributed by atoms with van der Waals surface area (Å²) in [4.78, 5) is 13.9. The van der Waals surface area contributed by atoms with Gasteiger partial charge in [-0.3, -0.25) is 0 Å². The van der Waals surface area contributed by atoms with Crippen LogP contribution < -0.4 is 10.1 Å². The first kappa shape index (κ1) is 19.6. The lowest BCUT2D eigenvalue weighted by Gasteiger charge is -2.24. The molecular weight excluding hydrogens is 316 g/mol. The van der Waals surface area contributed by atoms with Gasteiger partial charge >= 0.3 is 6.09 Å². The molecule has 1 heterocycles. The molecular formula is C20H32N2O3. The minimum absolute atomic E-state index is 0.217. The number of ether oxygens (including phenoxy) is 2. The number of nitrogens with zero attached hydrogens (tertiary/aromatic N) is 1. The second-order valence-corrected chi connectivity index (χ2v) is 7.64. The molecule has 1 aromatic carbocycles. The van der Waals surface area contributed by atoms with Crippen LogP contribution in [0.1, 0.15) is 52.5 Å². The summed E-state index contributed by atoms with van der Waals surface area (Å²) in [6.45, 7) is 10.9. The molecule has 0 saturated carbocycles. The van der Waals surface area contributed by atoms with E-state index in [1.807, 2.05) is 32.9 Å². The molecule has 5 heteroatoms. The Kier molecular flexibility index (Phi) is 7.12. The third-order valence-electron chi connectivity index (χ3n) is 4.12.